The number of aliphatic hydroxyl groups excluding tert-OH is 1. The Bertz CT molecular complexity index is 349. The molecule has 0 bridgehead atoms. The highest BCUT2D eigenvalue weighted by Crippen LogP contribution is 2.36. The van der Waals surface area contributed by atoms with Crippen molar-refractivity contribution in [2.45, 2.75) is 45.6 Å². The molecule has 1 unspecified atom stereocenters. The SMILES string of the molecule is CC(C)(C)OC(=O)N1CCC(CCCO)(C(=O)O)C1. The second kappa shape index (κ2) is 5.77. The standard InChI is InChI=1S/C13H23NO5/c1-12(2,3)19-11(18)14-7-6-13(9-14,10(16)17)5-4-8-15/h15H,4-9H2,1-3H3,(H,16,17). The van der Waals surface area contributed by atoms with Gasteiger partial charge in [-0.25, -0.2) is 4.79 Å². The van der Waals surface area contributed by atoms with Gasteiger partial charge in [0, 0.05) is 19.7 Å². The van der Waals surface area contributed by atoms with Crippen LogP contribution in [0.3, 0.4) is 0 Å². The molecule has 0 aliphatic carbocycles. The fourth-order valence-corrected chi connectivity index (χ4v) is 2.26. The maximum atomic E-state index is 11.9. The minimum atomic E-state index is -0.945. The van der Waals surface area contributed by atoms with Gasteiger partial charge in [-0.15, -0.1) is 0 Å². The van der Waals surface area contributed by atoms with Gasteiger partial charge >= 0.3 is 12.1 Å². The molecule has 0 spiro atoms. The van der Waals surface area contributed by atoms with Gasteiger partial charge in [-0.2, -0.15) is 0 Å². The van der Waals surface area contributed by atoms with Crippen LogP contribution < -0.4 is 0 Å². The second-order valence-electron chi connectivity index (χ2n) is 6.06. The molecule has 1 saturated heterocycles. The molecule has 1 fully saturated rings. The van der Waals surface area contributed by atoms with E-state index in [1.54, 1.807) is 20.8 Å². The summed E-state index contributed by atoms with van der Waals surface area (Å²) >= 11 is 0. The molecule has 6 heteroatoms. The number of carbonyl (C=O) groups is 2. The average molecular weight is 273 g/mol. The lowest BCUT2D eigenvalue weighted by molar-refractivity contribution is -0.148. The van der Waals surface area contributed by atoms with Crippen molar-refractivity contribution in [1.82, 2.24) is 4.90 Å². The Balaban J connectivity index is 2.68. The zero-order valence-corrected chi connectivity index (χ0v) is 11.8. The zero-order chi connectivity index (χ0) is 14.7. The number of carbonyl (C=O) groups excluding carboxylic acids is 1. The van der Waals surface area contributed by atoms with Gasteiger partial charge in [0.15, 0.2) is 0 Å². The minimum Gasteiger partial charge on any atom is -0.481 e. The van der Waals surface area contributed by atoms with E-state index >= 15 is 0 Å². The van der Waals surface area contributed by atoms with Crippen LogP contribution in [0.4, 0.5) is 4.79 Å². The number of amides is 1. The molecule has 6 nitrogen and oxygen atoms in total. The molecule has 0 saturated carbocycles. The van der Waals surface area contributed by atoms with Crippen LogP contribution in [-0.4, -0.2) is 52.5 Å². The molecule has 0 aromatic carbocycles. The number of rotatable bonds is 4. The normalized spacial score (nSPS) is 23.5. The van der Waals surface area contributed by atoms with Crippen molar-refractivity contribution < 1.29 is 24.5 Å². The first-order valence-electron chi connectivity index (χ1n) is 6.52. The number of carboxylic acids is 1. The first-order valence-corrected chi connectivity index (χ1v) is 6.52. The Labute approximate surface area is 113 Å². The van der Waals surface area contributed by atoms with Gasteiger partial charge in [0.25, 0.3) is 0 Å². The Morgan fingerprint density at radius 3 is 2.47 bits per heavy atom. The van der Waals surface area contributed by atoms with Gasteiger partial charge < -0.3 is 19.8 Å². The summed E-state index contributed by atoms with van der Waals surface area (Å²) in [5.41, 5.74) is -1.53. The van der Waals surface area contributed by atoms with E-state index in [1.165, 1.54) is 4.90 Å². The quantitative estimate of drug-likeness (QED) is 0.810. The number of carboxylic acid groups (broad SMARTS) is 1. The average Bonchev–Trinajstić information content (AvgIpc) is 2.69. The molecule has 1 rings (SSSR count). The van der Waals surface area contributed by atoms with Crippen LogP contribution in [0.25, 0.3) is 0 Å². The molecule has 19 heavy (non-hydrogen) atoms. The third kappa shape index (κ3) is 4.09. The Kier molecular flexibility index (Phi) is 4.79. The Hall–Kier alpha value is -1.30. The molecule has 0 aromatic heterocycles. The van der Waals surface area contributed by atoms with Gasteiger partial charge in [0.05, 0.1) is 5.41 Å². The van der Waals surface area contributed by atoms with Crippen LogP contribution in [0, 0.1) is 5.41 Å². The van der Waals surface area contributed by atoms with Crippen LogP contribution in [0.15, 0.2) is 0 Å². The van der Waals surface area contributed by atoms with Crippen molar-refractivity contribution >= 4 is 12.1 Å². The predicted molar refractivity (Wildman–Crippen MR) is 68.8 cm³/mol. The van der Waals surface area contributed by atoms with Crippen LogP contribution in [0.1, 0.15) is 40.0 Å². The summed E-state index contributed by atoms with van der Waals surface area (Å²) in [6, 6.07) is 0. The molecule has 1 amide bonds. The highest BCUT2D eigenvalue weighted by atomic mass is 16.6. The molecule has 0 aromatic rings. The third-order valence-corrected chi connectivity index (χ3v) is 3.27. The van der Waals surface area contributed by atoms with E-state index in [9.17, 15) is 14.7 Å². The number of hydrogen-bond acceptors (Lipinski definition) is 4. The van der Waals surface area contributed by atoms with Crippen molar-refractivity contribution in [3.8, 4) is 0 Å². The zero-order valence-electron chi connectivity index (χ0n) is 11.8. The number of ether oxygens (including phenoxy) is 1. The molecule has 1 aliphatic heterocycles. The summed E-state index contributed by atoms with van der Waals surface area (Å²) in [6.45, 7) is 5.82. The molecule has 2 N–H and O–H groups in total. The van der Waals surface area contributed by atoms with Crippen LogP contribution >= 0.6 is 0 Å². The van der Waals surface area contributed by atoms with E-state index in [0.29, 0.717) is 25.8 Å². The van der Waals surface area contributed by atoms with Gasteiger partial charge in [0.1, 0.15) is 5.60 Å². The summed E-state index contributed by atoms with van der Waals surface area (Å²) in [7, 11) is 0. The molecular formula is C13H23NO5. The predicted octanol–water partition coefficient (Wildman–Crippen LogP) is 1.47. The van der Waals surface area contributed by atoms with E-state index < -0.39 is 23.1 Å². The van der Waals surface area contributed by atoms with Gasteiger partial charge in [0.2, 0.25) is 0 Å². The third-order valence-electron chi connectivity index (χ3n) is 3.27. The van der Waals surface area contributed by atoms with Crippen molar-refractivity contribution in [2.75, 3.05) is 19.7 Å². The second-order valence-corrected chi connectivity index (χ2v) is 6.06. The smallest absolute Gasteiger partial charge is 0.410 e. The van der Waals surface area contributed by atoms with E-state index in [4.69, 9.17) is 9.84 Å². The summed E-state index contributed by atoms with van der Waals surface area (Å²) in [4.78, 5) is 24.8. The minimum absolute atomic E-state index is 0.0402. The van der Waals surface area contributed by atoms with Crippen molar-refractivity contribution in [2.24, 2.45) is 5.41 Å². The monoisotopic (exact) mass is 273 g/mol. The van der Waals surface area contributed by atoms with Crippen molar-refractivity contribution in [1.29, 1.82) is 0 Å². The van der Waals surface area contributed by atoms with Crippen molar-refractivity contribution in [3.63, 3.8) is 0 Å². The highest BCUT2D eigenvalue weighted by molar-refractivity contribution is 5.78. The molecule has 1 heterocycles. The molecule has 1 aliphatic rings. The lowest BCUT2D eigenvalue weighted by atomic mass is 9.82. The highest BCUT2D eigenvalue weighted by Gasteiger charge is 2.46. The largest absolute Gasteiger partial charge is 0.481 e. The number of aliphatic hydroxyl groups is 1. The van der Waals surface area contributed by atoms with E-state index in [2.05, 4.69) is 0 Å². The Morgan fingerprint density at radius 2 is 2.00 bits per heavy atom. The number of nitrogens with zero attached hydrogens (tertiary/aromatic N) is 1. The number of aliphatic carboxylic acids is 1. The van der Waals surface area contributed by atoms with Crippen LogP contribution in [-0.2, 0) is 9.53 Å². The van der Waals surface area contributed by atoms with E-state index in [0.717, 1.165) is 0 Å². The maximum Gasteiger partial charge on any atom is 0.410 e. The topological polar surface area (TPSA) is 87.1 Å². The fraction of sp³-hybridized carbons (Fsp3) is 0.846. The summed E-state index contributed by atoms with van der Waals surface area (Å²) in [5, 5.41) is 18.2. The lowest BCUT2D eigenvalue weighted by Gasteiger charge is -2.27. The first kappa shape index (κ1) is 15.8. The van der Waals surface area contributed by atoms with Crippen LogP contribution in [0.5, 0.6) is 0 Å². The van der Waals surface area contributed by atoms with Crippen LogP contribution in [0.2, 0.25) is 0 Å². The fourth-order valence-electron chi connectivity index (χ4n) is 2.26. The summed E-state index contributed by atoms with van der Waals surface area (Å²) in [6.07, 6.45) is 0.730. The van der Waals surface area contributed by atoms with Gasteiger partial charge in [-0.05, 0) is 40.0 Å². The molecule has 110 valence electrons. The Morgan fingerprint density at radius 1 is 1.37 bits per heavy atom. The van der Waals surface area contributed by atoms with Gasteiger partial charge in [-0.3, -0.25) is 4.79 Å². The lowest BCUT2D eigenvalue weighted by Crippen LogP contribution is -2.39. The molecular weight excluding hydrogens is 250 g/mol. The molecule has 1 atom stereocenters. The number of hydrogen-bond donors (Lipinski definition) is 2. The van der Waals surface area contributed by atoms with Gasteiger partial charge in [-0.1, -0.05) is 0 Å². The van der Waals surface area contributed by atoms with Crippen molar-refractivity contribution in [3.05, 3.63) is 0 Å². The first-order chi connectivity index (χ1) is 8.70. The summed E-state index contributed by atoms with van der Waals surface area (Å²) in [5.74, 6) is -0.910. The summed E-state index contributed by atoms with van der Waals surface area (Å²) < 4.78 is 5.24. The maximum absolute atomic E-state index is 11.9. The van der Waals surface area contributed by atoms with E-state index in [-0.39, 0.29) is 13.2 Å². The number of likely N-dealkylation sites (tertiary alicyclic amines) is 1. The van der Waals surface area contributed by atoms with E-state index in [1.807, 2.05) is 0 Å². The molecule has 0 radical (unpaired) electrons.